The highest BCUT2D eigenvalue weighted by atomic mass is 16.5. The molecule has 0 radical (unpaired) electrons. The van der Waals surface area contributed by atoms with Gasteiger partial charge in [-0.25, -0.2) is 0 Å². The molecular formula is C14H18N4O. The first kappa shape index (κ1) is 13.0. The van der Waals surface area contributed by atoms with Gasteiger partial charge in [-0.3, -0.25) is 0 Å². The topological polar surface area (TPSA) is 113 Å². The third kappa shape index (κ3) is 3.79. The number of hydrogen-bond donors (Lipinski definition) is 4. The number of hydrogen-bond acceptors (Lipinski definition) is 5. The predicted molar refractivity (Wildman–Crippen MR) is 79.0 cm³/mol. The first-order chi connectivity index (χ1) is 9.02. The highest BCUT2D eigenvalue weighted by Gasteiger charge is 2.00. The minimum absolute atomic E-state index is 0.434. The molecular weight excluding hydrogens is 240 g/mol. The van der Waals surface area contributed by atoms with Gasteiger partial charge in [0.15, 0.2) is 0 Å². The Balaban J connectivity index is 1.96. The molecule has 0 aromatic heterocycles. The van der Waals surface area contributed by atoms with Gasteiger partial charge in [-0.1, -0.05) is 0 Å². The molecule has 0 aliphatic heterocycles. The van der Waals surface area contributed by atoms with E-state index < -0.39 is 0 Å². The fraction of sp³-hybridized carbons (Fsp3) is 0.143. The molecule has 0 atom stereocenters. The first-order valence-electron chi connectivity index (χ1n) is 5.90. The van der Waals surface area contributed by atoms with Crippen LogP contribution in [0.2, 0.25) is 0 Å². The number of nitrogen functional groups attached to an aromatic ring is 4. The molecule has 5 nitrogen and oxygen atoms in total. The Morgan fingerprint density at radius 2 is 0.895 bits per heavy atom. The predicted octanol–water partition coefficient (Wildman–Crippen LogP) is 1.73. The van der Waals surface area contributed by atoms with Crippen molar-refractivity contribution in [1.29, 1.82) is 0 Å². The van der Waals surface area contributed by atoms with Crippen LogP contribution in [0, 0.1) is 0 Å². The minimum atomic E-state index is 0.434. The van der Waals surface area contributed by atoms with Crippen LogP contribution in [0.5, 0.6) is 0 Å². The van der Waals surface area contributed by atoms with Gasteiger partial charge in [-0.2, -0.15) is 0 Å². The zero-order chi connectivity index (χ0) is 13.8. The Morgan fingerprint density at radius 3 is 1.21 bits per heavy atom. The van der Waals surface area contributed by atoms with Crippen LogP contribution in [0.3, 0.4) is 0 Å². The summed E-state index contributed by atoms with van der Waals surface area (Å²) in [4.78, 5) is 0. The van der Waals surface area contributed by atoms with E-state index in [0.717, 1.165) is 11.1 Å². The molecule has 0 amide bonds. The van der Waals surface area contributed by atoms with E-state index in [2.05, 4.69) is 0 Å². The lowest BCUT2D eigenvalue weighted by molar-refractivity contribution is 0.107. The molecule has 0 aliphatic rings. The van der Waals surface area contributed by atoms with Gasteiger partial charge in [0.05, 0.1) is 13.2 Å². The van der Waals surface area contributed by atoms with Crippen molar-refractivity contribution < 1.29 is 4.74 Å². The number of benzene rings is 2. The van der Waals surface area contributed by atoms with Crippen molar-refractivity contribution in [3.05, 3.63) is 47.5 Å². The Labute approximate surface area is 112 Å². The van der Waals surface area contributed by atoms with Crippen molar-refractivity contribution >= 4 is 22.7 Å². The maximum atomic E-state index is 5.71. The van der Waals surface area contributed by atoms with Crippen molar-refractivity contribution in [3.8, 4) is 0 Å². The summed E-state index contributed by atoms with van der Waals surface area (Å²) in [6.45, 7) is 0.869. The van der Waals surface area contributed by atoms with Crippen LogP contribution < -0.4 is 22.9 Å². The van der Waals surface area contributed by atoms with Crippen molar-refractivity contribution in [3.63, 3.8) is 0 Å². The van der Waals surface area contributed by atoms with Gasteiger partial charge in [0.1, 0.15) is 0 Å². The normalized spacial score (nSPS) is 10.5. The Morgan fingerprint density at radius 1 is 0.579 bits per heavy atom. The van der Waals surface area contributed by atoms with Gasteiger partial charge in [-0.05, 0) is 47.5 Å². The van der Waals surface area contributed by atoms with E-state index in [1.165, 1.54) is 0 Å². The first-order valence-corrected chi connectivity index (χ1v) is 5.90. The monoisotopic (exact) mass is 258 g/mol. The highest BCUT2D eigenvalue weighted by molar-refractivity contribution is 5.55. The standard InChI is InChI=1S/C14H18N4O/c15-11-1-9(2-12(16)5-11)7-19-8-10-3-13(17)6-14(18)4-10/h1-6H,7-8,15-18H2. The van der Waals surface area contributed by atoms with Crippen molar-refractivity contribution in [1.82, 2.24) is 0 Å². The zero-order valence-electron chi connectivity index (χ0n) is 10.6. The van der Waals surface area contributed by atoms with Crippen LogP contribution in [-0.2, 0) is 18.0 Å². The molecule has 19 heavy (non-hydrogen) atoms. The average molecular weight is 258 g/mol. The molecule has 5 heteroatoms. The van der Waals surface area contributed by atoms with Crippen LogP contribution in [0.25, 0.3) is 0 Å². The summed E-state index contributed by atoms with van der Waals surface area (Å²) in [6, 6.07) is 10.8. The zero-order valence-corrected chi connectivity index (χ0v) is 10.6. The van der Waals surface area contributed by atoms with E-state index in [1.807, 2.05) is 24.3 Å². The smallest absolute Gasteiger partial charge is 0.0722 e. The van der Waals surface area contributed by atoms with Gasteiger partial charge >= 0.3 is 0 Å². The Bertz CT molecular complexity index is 492. The molecule has 100 valence electrons. The number of nitrogens with two attached hydrogens (primary N) is 4. The Kier molecular flexibility index (Phi) is 3.77. The quantitative estimate of drug-likeness (QED) is 0.624. The van der Waals surface area contributed by atoms with Crippen LogP contribution in [0.1, 0.15) is 11.1 Å². The molecule has 8 N–H and O–H groups in total. The van der Waals surface area contributed by atoms with Gasteiger partial charge in [-0.15, -0.1) is 0 Å². The minimum Gasteiger partial charge on any atom is -0.399 e. The van der Waals surface area contributed by atoms with Gasteiger partial charge in [0.2, 0.25) is 0 Å². The van der Waals surface area contributed by atoms with Gasteiger partial charge in [0, 0.05) is 22.7 Å². The van der Waals surface area contributed by atoms with Crippen molar-refractivity contribution in [2.24, 2.45) is 0 Å². The second-order valence-electron chi connectivity index (χ2n) is 4.51. The SMILES string of the molecule is Nc1cc(N)cc(COCc2cc(N)cc(N)c2)c1. The Hall–Kier alpha value is -2.40. The number of rotatable bonds is 4. The van der Waals surface area contributed by atoms with E-state index in [4.69, 9.17) is 27.7 Å². The second-order valence-corrected chi connectivity index (χ2v) is 4.51. The summed E-state index contributed by atoms with van der Waals surface area (Å²) in [5, 5.41) is 0. The maximum absolute atomic E-state index is 5.71. The van der Waals surface area contributed by atoms with E-state index in [-0.39, 0.29) is 0 Å². The van der Waals surface area contributed by atoms with Crippen LogP contribution in [-0.4, -0.2) is 0 Å². The lowest BCUT2D eigenvalue weighted by atomic mass is 10.2. The largest absolute Gasteiger partial charge is 0.399 e. The molecule has 0 unspecified atom stereocenters. The van der Waals surface area contributed by atoms with E-state index in [1.54, 1.807) is 12.1 Å². The molecule has 0 fully saturated rings. The fourth-order valence-electron chi connectivity index (χ4n) is 1.94. The summed E-state index contributed by atoms with van der Waals surface area (Å²) < 4.78 is 5.60. The average Bonchev–Trinajstić information content (AvgIpc) is 2.26. The number of anilines is 4. The maximum Gasteiger partial charge on any atom is 0.0722 e. The summed E-state index contributed by atoms with van der Waals surface area (Å²) >= 11 is 0. The van der Waals surface area contributed by atoms with Crippen LogP contribution in [0.15, 0.2) is 36.4 Å². The molecule has 2 aromatic rings. The molecule has 0 aliphatic carbocycles. The molecule has 0 spiro atoms. The van der Waals surface area contributed by atoms with E-state index in [9.17, 15) is 0 Å². The summed E-state index contributed by atoms with van der Waals surface area (Å²) in [5.74, 6) is 0. The summed E-state index contributed by atoms with van der Waals surface area (Å²) in [5.41, 5.74) is 27.3. The lowest BCUT2D eigenvalue weighted by Gasteiger charge is -2.08. The number of ether oxygens (including phenoxy) is 1. The molecule has 0 bridgehead atoms. The third-order valence-electron chi connectivity index (χ3n) is 2.61. The van der Waals surface area contributed by atoms with Gasteiger partial charge < -0.3 is 27.7 Å². The molecule has 0 saturated carbocycles. The van der Waals surface area contributed by atoms with E-state index in [0.29, 0.717) is 36.0 Å². The highest BCUT2D eigenvalue weighted by Crippen LogP contribution is 2.17. The van der Waals surface area contributed by atoms with Crippen molar-refractivity contribution in [2.45, 2.75) is 13.2 Å². The lowest BCUT2D eigenvalue weighted by Crippen LogP contribution is -1.99. The fourth-order valence-corrected chi connectivity index (χ4v) is 1.94. The summed E-state index contributed by atoms with van der Waals surface area (Å²) in [6.07, 6.45) is 0. The molecule has 2 aromatic carbocycles. The molecule has 0 saturated heterocycles. The second kappa shape index (κ2) is 5.49. The summed E-state index contributed by atoms with van der Waals surface area (Å²) in [7, 11) is 0. The van der Waals surface area contributed by atoms with Crippen LogP contribution >= 0.6 is 0 Å². The third-order valence-corrected chi connectivity index (χ3v) is 2.61. The van der Waals surface area contributed by atoms with Crippen molar-refractivity contribution in [2.75, 3.05) is 22.9 Å². The molecule has 0 heterocycles. The van der Waals surface area contributed by atoms with E-state index >= 15 is 0 Å². The van der Waals surface area contributed by atoms with Crippen LogP contribution in [0.4, 0.5) is 22.7 Å². The van der Waals surface area contributed by atoms with Gasteiger partial charge in [0.25, 0.3) is 0 Å². The molecule has 2 rings (SSSR count).